The third-order valence-corrected chi connectivity index (χ3v) is 14.0. The van der Waals surface area contributed by atoms with Gasteiger partial charge >= 0.3 is 0 Å². The Hall–Kier alpha value is -7.68. The summed E-state index contributed by atoms with van der Waals surface area (Å²) in [5.74, 6) is 0. The average Bonchev–Trinajstić information content (AvgIpc) is 3.61. The van der Waals surface area contributed by atoms with Crippen molar-refractivity contribution in [1.29, 1.82) is 0 Å². The van der Waals surface area contributed by atoms with E-state index < -0.39 is 0 Å². The van der Waals surface area contributed by atoms with E-state index >= 15 is 0 Å². The molecule has 0 saturated carbocycles. The van der Waals surface area contributed by atoms with Gasteiger partial charge < -0.3 is 9.80 Å². The van der Waals surface area contributed by atoms with Crippen molar-refractivity contribution >= 4 is 34.1 Å². The summed E-state index contributed by atoms with van der Waals surface area (Å²) in [6.07, 6.45) is 7.79. The van der Waals surface area contributed by atoms with Gasteiger partial charge in [-0.3, -0.25) is 0 Å². The number of fused-ring (bicyclic) bond motifs is 3. The molecule has 2 aliphatic carbocycles. The molecular weight excluding hydrogens is 785 g/mol. The van der Waals surface area contributed by atoms with Gasteiger partial charge in [0.25, 0.3) is 0 Å². The van der Waals surface area contributed by atoms with Crippen LogP contribution in [0.5, 0.6) is 0 Å². The predicted molar refractivity (Wildman–Crippen MR) is 274 cm³/mol. The Bertz CT molecular complexity index is 3080. The van der Waals surface area contributed by atoms with E-state index in [4.69, 9.17) is 0 Å². The Labute approximate surface area is 384 Å². The Morgan fingerprint density at radius 1 is 0.369 bits per heavy atom. The molecule has 0 fully saturated rings. The van der Waals surface area contributed by atoms with Gasteiger partial charge in [-0.25, -0.2) is 0 Å². The number of anilines is 6. The SMILES string of the molecule is CC1(C)c2cc(N(c3ccc(C4(c5ccc(N(c6ccccc6)c6ccccc6)cc5)CC=CCC4)cc3)c3ccccc3-c3ccccc3)ccc2-c2c(-c3ccccc3)cccc21. The van der Waals surface area contributed by atoms with Gasteiger partial charge in [0.2, 0.25) is 0 Å². The van der Waals surface area contributed by atoms with Crippen LogP contribution in [0.25, 0.3) is 33.4 Å². The first kappa shape index (κ1) is 40.1. The van der Waals surface area contributed by atoms with Crippen LogP contribution in [0.15, 0.2) is 243 Å². The molecule has 2 nitrogen and oxygen atoms in total. The number of allylic oxidation sites excluding steroid dienone is 2. The van der Waals surface area contributed by atoms with Crippen molar-refractivity contribution in [3.63, 3.8) is 0 Å². The minimum atomic E-state index is -0.185. The maximum absolute atomic E-state index is 2.48. The second-order valence-corrected chi connectivity index (χ2v) is 18.1. The van der Waals surface area contributed by atoms with Crippen molar-refractivity contribution in [2.75, 3.05) is 9.80 Å². The summed E-state index contributed by atoms with van der Waals surface area (Å²) in [4.78, 5) is 4.82. The highest BCUT2D eigenvalue weighted by atomic mass is 15.1. The fourth-order valence-corrected chi connectivity index (χ4v) is 10.7. The molecule has 0 radical (unpaired) electrons. The van der Waals surface area contributed by atoms with Gasteiger partial charge in [-0.1, -0.05) is 190 Å². The summed E-state index contributed by atoms with van der Waals surface area (Å²) >= 11 is 0. The first-order chi connectivity index (χ1) is 32.0. The Morgan fingerprint density at radius 2 is 0.862 bits per heavy atom. The normalized spacial score (nSPS) is 15.8. The van der Waals surface area contributed by atoms with Gasteiger partial charge in [-0.2, -0.15) is 0 Å². The molecular formula is C63H52N2. The maximum Gasteiger partial charge on any atom is 0.0540 e. The van der Waals surface area contributed by atoms with Crippen molar-refractivity contribution < 1.29 is 0 Å². The highest BCUT2D eigenvalue weighted by Gasteiger charge is 2.38. The van der Waals surface area contributed by atoms with Crippen LogP contribution in [0.1, 0.15) is 55.4 Å². The molecule has 0 N–H and O–H groups in total. The Kier molecular flexibility index (Phi) is 10.4. The molecule has 0 heterocycles. The standard InChI is InChI=1S/C63H52N2/c1-62(2)58-31-20-30-56(47-23-10-4-11-24-47)61(58)57-42-41-54(45-59(57)62)65(60-32-17-16-29-55(60)46-21-8-3-9-22-46)53-39-35-49(36-40-53)63(43-18-7-19-44-63)48-33-37-52(38-34-48)64(50-25-12-5-13-26-50)51-27-14-6-15-28-51/h3-18,20-42,45H,19,43-44H2,1-2H3. The highest BCUT2D eigenvalue weighted by molar-refractivity contribution is 5.95. The van der Waals surface area contributed by atoms with Gasteiger partial charge in [-0.05, 0) is 136 Å². The average molecular weight is 837 g/mol. The molecule has 0 amide bonds. The van der Waals surface area contributed by atoms with Crippen LogP contribution < -0.4 is 9.80 Å². The van der Waals surface area contributed by atoms with Crippen LogP contribution in [0.2, 0.25) is 0 Å². The van der Waals surface area contributed by atoms with Gasteiger partial charge in [0.05, 0.1) is 5.69 Å². The lowest BCUT2D eigenvalue weighted by Crippen LogP contribution is -2.29. The first-order valence-electron chi connectivity index (χ1n) is 23.0. The van der Waals surface area contributed by atoms with Crippen molar-refractivity contribution in [2.24, 2.45) is 0 Å². The van der Waals surface area contributed by atoms with E-state index in [-0.39, 0.29) is 10.8 Å². The van der Waals surface area contributed by atoms with Crippen molar-refractivity contribution in [1.82, 2.24) is 0 Å². The van der Waals surface area contributed by atoms with E-state index in [1.165, 1.54) is 55.6 Å². The monoisotopic (exact) mass is 836 g/mol. The second-order valence-electron chi connectivity index (χ2n) is 18.1. The van der Waals surface area contributed by atoms with Crippen LogP contribution in [0.4, 0.5) is 34.1 Å². The lowest BCUT2D eigenvalue weighted by atomic mass is 9.67. The molecule has 0 aliphatic heterocycles. The molecule has 9 aromatic rings. The lowest BCUT2D eigenvalue weighted by molar-refractivity contribution is 0.465. The highest BCUT2D eigenvalue weighted by Crippen LogP contribution is 2.54. The molecule has 314 valence electrons. The van der Waals surface area contributed by atoms with E-state index in [2.05, 4.69) is 266 Å². The van der Waals surface area contributed by atoms with E-state index in [9.17, 15) is 0 Å². The van der Waals surface area contributed by atoms with Gasteiger partial charge in [0.15, 0.2) is 0 Å². The Morgan fingerprint density at radius 3 is 1.45 bits per heavy atom. The quantitative estimate of drug-likeness (QED) is 0.127. The molecule has 9 aromatic carbocycles. The topological polar surface area (TPSA) is 6.48 Å². The molecule has 0 aromatic heterocycles. The van der Waals surface area contributed by atoms with Gasteiger partial charge in [0, 0.05) is 44.8 Å². The number of hydrogen-bond donors (Lipinski definition) is 0. The molecule has 2 aliphatic rings. The zero-order valence-corrected chi connectivity index (χ0v) is 37.1. The van der Waals surface area contributed by atoms with E-state index in [0.29, 0.717) is 0 Å². The second kappa shape index (κ2) is 16.8. The molecule has 0 saturated heterocycles. The van der Waals surface area contributed by atoms with Gasteiger partial charge in [0.1, 0.15) is 0 Å². The molecule has 65 heavy (non-hydrogen) atoms. The summed E-state index contributed by atoms with van der Waals surface area (Å²) in [6, 6.07) is 84.7. The zero-order chi connectivity index (χ0) is 43.8. The number of rotatable bonds is 10. The van der Waals surface area contributed by atoms with Crippen molar-refractivity contribution in [3.8, 4) is 33.4 Å². The van der Waals surface area contributed by atoms with Crippen LogP contribution >= 0.6 is 0 Å². The smallest absolute Gasteiger partial charge is 0.0540 e. The molecule has 0 spiro atoms. The van der Waals surface area contributed by atoms with Gasteiger partial charge in [-0.15, -0.1) is 0 Å². The largest absolute Gasteiger partial charge is 0.311 e. The maximum atomic E-state index is 2.48. The van der Waals surface area contributed by atoms with Crippen LogP contribution in [0, 0.1) is 0 Å². The number of para-hydroxylation sites is 3. The summed E-state index contributed by atoms with van der Waals surface area (Å²) < 4.78 is 0. The van der Waals surface area contributed by atoms with Crippen LogP contribution in [0.3, 0.4) is 0 Å². The fraction of sp³-hybridized carbons (Fsp3) is 0.111. The molecule has 1 atom stereocenters. The van der Waals surface area contributed by atoms with E-state index in [1.54, 1.807) is 0 Å². The summed E-state index contributed by atoms with van der Waals surface area (Å²) in [6.45, 7) is 4.78. The molecule has 11 rings (SSSR count). The molecule has 2 heteroatoms. The number of benzene rings is 9. The summed E-state index contributed by atoms with van der Waals surface area (Å²) in [5.41, 5.74) is 19.5. The number of hydrogen-bond acceptors (Lipinski definition) is 2. The van der Waals surface area contributed by atoms with Crippen molar-refractivity contribution in [3.05, 3.63) is 265 Å². The predicted octanol–water partition coefficient (Wildman–Crippen LogP) is 17.3. The minimum Gasteiger partial charge on any atom is -0.311 e. The third-order valence-electron chi connectivity index (χ3n) is 14.0. The summed E-state index contributed by atoms with van der Waals surface area (Å²) in [7, 11) is 0. The number of nitrogens with zero attached hydrogens (tertiary/aromatic N) is 2. The van der Waals surface area contributed by atoms with E-state index in [0.717, 1.165) is 53.4 Å². The Balaban J connectivity index is 1.01. The van der Waals surface area contributed by atoms with E-state index in [1.807, 2.05) is 0 Å². The third kappa shape index (κ3) is 7.16. The summed E-state index contributed by atoms with van der Waals surface area (Å²) in [5, 5.41) is 0. The van der Waals surface area contributed by atoms with Crippen molar-refractivity contribution in [2.45, 2.75) is 43.9 Å². The fourth-order valence-electron chi connectivity index (χ4n) is 10.7. The molecule has 1 unspecified atom stereocenters. The zero-order valence-electron chi connectivity index (χ0n) is 37.1. The van der Waals surface area contributed by atoms with Crippen LogP contribution in [-0.4, -0.2) is 0 Å². The molecule has 0 bridgehead atoms. The first-order valence-corrected chi connectivity index (χ1v) is 23.0. The minimum absolute atomic E-state index is 0.150. The van der Waals surface area contributed by atoms with Crippen LogP contribution in [-0.2, 0) is 10.8 Å². The lowest BCUT2D eigenvalue weighted by Gasteiger charge is -2.37.